The molecule has 5 heteroatoms. The number of aromatic amines is 1. The van der Waals surface area contributed by atoms with Crippen LogP contribution in [0.25, 0.3) is 11.2 Å². The van der Waals surface area contributed by atoms with Crippen molar-refractivity contribution >= 4 is 11.2 Å². The van der Waals surface area contributed by atoms with Crippen molar-refractivity contribution in [3.05, 3.63) is 12.7 Å². The molecule has 0 aromatic carbocycles. The van der Waals surface area contributed by atoms with Crippen molar-refractivity contribution in [1.29, 1.82) is 0 Å². The van der Waals surface area contributed by atoms with Crippen LogP contribution < -0.4 is 4.74 Å². The van der Waals surface area contributed by atoms with Crippen LogP contribution in [0.2, 0.25) is 0 Å². The molecule has 2 aromatic heterocycles. The van der Waals surface area contributed by atoms with Gasteiger partial charge in [0.05, 0.1) is 7.11 Å². The van der Waals surface area contributed by atoms with E-state index in [1.54, 1.807) is 0 Å². The minimum atomic E-state index is 0.465. The third-order valence-corrected chi connectivity index (χ3v) is 1.32. The molecule has 2 aromatic rings. The fourth-order valence-electron chi connectivity index (χ4n) is 0.841. The van der Waals surface area contributed by atoms with Crippen LogP contribution in [0.15, 0.2) is 6.33 Å². The maximum absolute atomic E-state index is 4.93. The van der Waals surface area contributed by atoms with Gasteiger partial charge >= 0.3 is 0 Å². The minimum absolute atomic E-state index is 0.465. The van der Waals surface area contributed by atoms with Gasteiger partial charge in [-0.2, -0.15) is 4.98 Å². The topological polar surface area (TPSA) is 63.7 Å². The molecule has 0 unspecified atom stereocenters. The summed E-state index contributed by atoms with van der Waals surface area (Å²) < 4.78 is 4.93. The number of hydrogen-bond acceptors (Lipinski definition) is 4. The third kappa shape index (κ3) is 0.813. The van der Waals surface area contributed by atoms with Gasteiger partial charge in [-0.15, -0.1) is 0 Å². The van der Waals surface area contributed by atoms with Crippen LogP contribution in [0.3, 0.4) is 0 Å². The SMILES string of the molecule is COc1ncnc2[nH][c]nc12. The van der Waals surface area contributed by atoms with Crippen molar-refractivity contribution in [3.8, 4) is 5.88 Å². The summed E-state index contributed by atoms with van der Waals surface area (Å²) in [6, 6.07) is 0. The van der Waals surface area contributed by atoms with Crippen molar-refractivity contribution in [2.24, 2.45) is 0 Å². The first-order chi connectivity index (χ1) is 5.42. The van der Waals surface area contributed by atoms with Gasteiger partial charge in [0.2, 0.25) is 5.88 Å². The van der Waals surface area contributed by atoms with Gasteiger partial charge in [0.1, 0.15) is 6.33 Å². The van der Waals surface area contributed by atoms with Crippen LogP contribution in [-0.2, 0) is 0 Å². The lowest BCUT2D eigenvalue weighted by Gasteiger charge is -1.95. The fourth-order valence-corrected chi connectivity index (χ4v) is 0.841. The molecule has 0 bridgehead atoms. The van der Waals surface area contributed by atoms with Crippen LogP contribution in [0.4, 0.5) is 0 Å². The van der Waals surface area contributed by atoms with E-state index >= 15 is 0 Å². The smallest absolute Gasteiger partial charge is 0.245 e. The van der Waals surface area contributed by atoms with Crippen molar-refractivity contribution in [1.82, 2.24) is 19.9 Å². The summed E-state index contributed by atoms with van der Waals surface area (Å²) in [5.41, 5.74) is 1.24. The average Bonchev–Trinajstić information content (AvgIpc) is 2.50. The molecule has 11 heavy (non-hydrogen) atoms. The largest absolute Gasteiger partial charge is 0.479 e. The Labute approximate surface area is 62.5 Å². The van der Waals surface area contributed by atoms with Crippen molar-refractivity contribution < 1.29 is 4.74 Å². The van der Waals surface area contributed by atoms with Crippen LogP contribution in [0.5, 0.6) is 5.88 Å². The summed E-state index contributed by atoms with van der Waals surface area (Å²) in [6.07, 6.45) is 3.96. The molecular formula is C6H5N4O. The molecule has 0 spiro atoms. The van der Waals surface area contributed by atoms with Gasteiger partial charge in [0.25, 0.3) is 0 Å². The summed E-state index contributed by atoms with van der Waals surface area (Å²) in [7, 11) is 1.54. The van der Waals surface area contributed by atoms with E-state index in [1.165, 1.54) is 13.4 Å². The summed E-state index contributed by atoms with van der Waals surface area (Å²) in [5, 5.41) is 0. The van der Waals surface area contributed by atoms with E-state index in [9.17, 15) is 0 Å². The summed E-state index contributed by atoms with van der Waals surface area (Å²) >= 11 is 0. The highest BCUT2D eigenvalue weighted by Gasteiger charge is 2.04. The molecule has 0 aliphatic rings. The van der Waals surface area contributed by atoms with Gasteiger partial charge in [-0.25, -0.2) is 9.97 Å². The molecule has 2 rings (SSSR count). The lowest BCUT2D eigenvalue weighted by molar-refractivity contribution is 0.401. The number of imidazole rings is 1. The Kier molecular flexibility index (Phi) is 1.21. The quantitative estimate of drug-likeness (QED) is 0.627. The Morgan fingerprint density at radius 1 is 1.55 bits per heavy atom. The van der Waals surface area contributed by atoms with E-state index in [0.29, 0.717) is 17.0 Å². The molecule has 2 heterocycles. The van der Waals surface area contributed by atoms with E-state index in [-0.39, 0.29) is 0 Å². The molecule has 1 N–H and O–H groups in total. The predicted octanol–water partition coefficient (Wildman–Crippen LogP) is 0.162. The van der Waals surface area contributed by atoms with Crippen LogP contribution in [0, 0.1) is 6.33 Å². The molecule has 5 nitrogen and oxygen atoms in total. The van der Waals surface area contributed by atoms with E-state index in [4.69, 9.17) is 4.74 Å². The maximum Gasteiger partial charge on any atom is 0.245 e. The van der Waals surface area contributed by atoms with E-state index in [1.807, 2.05) is 0 Å². The van der Waals surface area contributed by atoms with Crippen LogP contribution in [0.1, 0.15) is 0 Å². The second kappa shape index (κ2) is 2.19. The number of ether oxygens (including phenoxy) is 1. The van der Waals surface area contributed by atoms with Crippen molar-refractivity contribution in [2.75, 3.05) is 7.11 Å². The van der Waals surface area contributed by atoms with Gasteiger partial charge < -0.3 is 9.72 Å². The Bertz CT molecular complexity index is 369. The summed E-state index contributed by atoms with van der Waals surface area (Å²) in [6.45, 7) is 0. The zero-order chi connectivity index (χ0) is 7.68. The third-order valence-electron chi connectivity index (χ3n) is 1.32. The highest BCUT2D eigenvalue weighted by Crippen LogP contribution is 2.15. The lowest BCUT2D eigenvalue weighted by atomic mass is 10.5. The predicted molar refractivity (Wildman–Crippen MR) is 37.1 cm³/mol. The molecule has 0 atom stereocenters. The summed E-state index contributed by atoms with van der Waals surface area (Å²) in [4.78, 5) is 14.4. The minimum Gasteiger partial charge on any atom is -0.479 e. The number of fused-ring (bicyclic) bond motifs is 1. The Hall–Kier alpha value is -1.65. The molecule has 0 aliphatic heterocycles. The number of rotatable bonds is 1. The molecule has 0 saturated carbocycles. The van der Waals surface area contributed by atoms with E-state index < -0.39 is 0 Å². The van der Waals surface area contributed by atoms with Gasteiger partial charge in [-0.05, 0) is 0 Å². The number of methoxy groups -OCH3 is 1. The lowest BCUT2D eigenvalue weighted by Crippen LogP contribution is -1.89. The van der Waals surface area contributed by atoms with E-state index in [0.717, 1.165) is 0 Å². The van der Waals surface area contributed by atoms with Gasteiger partial charge in [0, 0.05) is 0 Å². The first kappa shape index (κ1) is 6.09. The van der Waals surface area contributed by atoms with Crippen LogP contribution >= 0.6 is 0 Å². The standard InChI is InChI=1S/C6H5N4O/c1-11-6-4-5(8-2-7-4)9-3-10-6/h3H,1H3,(H,7,8,9,10). The highest BCUT2D eigenvalue weighted by atomic mass is 16.5. The Morgan fingerprint density at radius 3 is 3.27 bits per heavy atom. The van der Waals surface area contributed by atoms with Crippen molar-refractivity contribution in [2.45, 2.75) is 0 Å². The molecule has 1 radical (unpaired) electrons. The summed E-state index contributed by atoms with van der Waals surface area (Å²) in [5.74, 6) is 0.465. The number of aromatic nitrogens is 4. The number of nitrogens with one attached hydrogen (secondary N) is 1. The molecule has 0 fully saturated rings. The van der Waals surface area contributed by atoms with Gasteiger partial charge in [0.15, 0.2) is 17.5 Å². The Morgan fingerprint density at radius 2 is 2.45 bits per heavy atom. The molecule has 0 amide bonds. The molecule has 0 saturated heterocycles. The zero-order valence-electron chi connectivity index (χ0n) is 5.83. The van der Waals surface area contributed by atoms with Gasteiger partial charge in [-0.1, -0.05) is 0 Å². The van der Waals surface area contributed by atoms with E-state index in [2.05, 4.69) is 26.3 Å². The number of nitrogens with zero attached hydrogens (tertiary/aromatic N) is 3. The Balaban J connectivity index is 2.79. The first-order valence-corrected chi connectivity index (χ1v) is 3.02. The zero-order valence-corrected chi connectivity index (χ0v) is 5.83. The fraction of sp³-hybridized carbons (Fsp3) is 0.167. The molecule has 55 valence electrons. The normalized spacial score (nSPS) is 10.3. The van der Waals surface area contributed by atoms with Crippen molar-refractivity contribution in [3.63, 3.8) is 0 Å². The molecule has 0 aliphatic carbocycles. The maximum atomic E-state index is 4.93. The van der Waals surface area contributed by atoms with Gasteiger partial charge in [-0.3, -0.25) is 0 Å². The number of hydrogen-bond donors (Lipinski definition) is 1. The second-order valence-electron chi connectivity index (χ2n) is 1.93. The molecular weight excluding hydrogens is 144 g/mol. The second-order valence-corrected chi connectivity index (χ2v) is 1.93. The first-order valence-electron chi connectivity index (χ1n) is 3.02. The monoisotopic (exact) mass is 149 g/mol. The average molecular weight is 149 g/mol. The van der Waals surface area contributed by atoms with Crippen LogP contribution in [-0.4, -0.2) is 27.0 Å². The number of H-pyrrole nitrogens is 1. The highest BCUT2D eigenvalue weighted by molar-refractivity contribution is 5.74.